The molecule has 0 radical (unpaired) electrons. The summed E-state index contributed by atoms with van der Waals surface area (Å²) in [5, 5.41) is 18.2. The van der Waals surface area contributed by atoms with Gasteiger partial charge in [-0.15, -0.1) is 11.3 Å². The normalized spacial score (nSPS) is 11.2. The minimum atomic E-state index is -1.82. The lowest BCUT2D eigenvalue weighted by Gasteiger charge is -2.13. The van der Waals surface area contributed by atoms with Crippen molar-refractivity contribution in [3.63, 3.8) is 0 Å². The number of carboxylic acids is 2. The van der Waals surface area contributed by atoms with Gasteiger partial charge in [-0.2, -0.15) is 0 Å². The fourth-order valence-electron chi connectivity index (χ4n) is 2.71. The van der Waals surface area contributed by atoms with Crippen LogP contribution in [0.3, 0.4) is 0 Å². The largest absolute Gasteiger partial charge is 0.473 e. The van der Waals surface area contributed by atoms with E-state index in [1.165, 1.54) is 0 Å². The minimum absolute atomic E-state index is 0.641. The van der Waals surface area contributed by atoms with Gasteiger partial charge in [-0.25, -0.2) is 14.6 Å². The topological polar surface area (TPSA) is 95.1 Å². The smallest absolute Gasteiger partial charge is 0.414 e. The first-order valence-electron chi connectivity index (χ1n) is 9.53. The fourth-order valence-corrected chi connectivity index (χ4v) is 4.16. The van der Waals surface area contributed by atoms with Crippen LogP contribution in [0, 0.1) is 0 Å². The molecular weight excluding hydrogens is 473 g/mol. The van der Waals surface area contributed by atoms with Crippen LogP contribution in [0.15, 0.2) is 58.9 Å². The lowest BCUT2D eigenvalue weighted by molar-refractivity contribution is -0.159. The quantitative estimate of drug-likeness (QED) is 0.475. The van der Waals surface area contributed by atoms with Gasteiger partial charge in [0.2, 0.25) is 0 Å². The van der Waals surface area contributed by atoms with Crippen LogP contribution in [0.2, 0.25) is 10.0 Å². The predicted molar refractivity (Wildman–Crippen MR) is 128 cm³/mol. The molecule has 0 saturated carbocycles. The Kier molecular flexibility index (Phi) is 9.93. The molecule has 7 nitrogen and oxygen atoms in total. The van der Waals surface area contributed by atoms with Gasteiger partial charge in [0.15, 0.2) is 4.80 Å². The van der Waals surface area contributed by atoms with E-state index in [9.17, 15) is 0 Å². The molecule has 0 amide bonds. The van der Waals surface area contributed by atoms with Gasteiger partial charge in [-0.1, -0.05) is 41.4 Å². The van der Waals surface area contributed by atoms with Crippen LogP contribution in [0.25, 0.3) is 11.3 Å². The number of carbonyl (C=O) groups is 2. The van der Waals surface area contributed by atoms with Gasteiger partial charge in [0, 0.05) is 22.5 Å². The van der Waals surface area contributed by atoms with E-state index in [-0.39, 0.29) is 0 Å². The Labute approximate surface area is 199 Å². The maximum Gasteiger partial charge on any atom is 0.414 e. The van der Waals surface area contributed by atoms with Gasteiger partial charge in [0.05, 0.1) is 16.4 Å². The van der Waals surface area contributed by atoms with Crippen molar-refractivity contribution < 1.29 is 19.8 Å². The third kappa shape index (κ3) is 7.80. The minimum Gasteiger partial charge on any atom is -0.473 e. The van der Waals surface area contributed by atoms with Crippen LogP contribution >= 0.6 is 34.5 Å². The number of rotatable bonds is 6. The highest BCUT2D eigenvalue weighted by atomic mass is 35.5. The SMILES string of the molecule is CN(C)CCCn1c(-c2ccc(Cl)cc2Cl)csc1=Nc1ccccc1.O=C(O)C(=O)O. The van der Waals surface area contributed by atoms with Crippen molar-refractivity contribution in [1.82, 2.24) is 9.47 Å². The average Bonchev–Trinajstić information content (AvgIpc) is 3.11. The lowest BCUT2D eigenvalue weighted by atomic mass is 10.1. The zero-order chi connectivity index (χ0) is 23.7. The number of thiazole rings is 1. The van der Waals surface area contributed by atoms with Crippen molar-refractivity contribution in [2.24, 2.45) is 4.99 Å². The Balaban J connectivity index is 0.000000534. The van der Waals surface area contributed by atoms with Crippen LogP contribution in [-0.2, 0) is 16.1 Å². The molecule has 0 aliphatic heterocycles. The van der Waals surface area contributed by atoms with E-state index in [1.54, 1.807) is 17.4 Å². The van der Waals surface area contributed by atoms with Crippen molar-refractivity contribution in [1.29, 1.82) is 0 Å². The second kappa shape index (κ2) is 12.4. The molecule has 0 bridgehead atoms. The first-order valence-corrected chi connectivity index (χ1v) is 11.2. The van der Waals surface area contributed by atoms with E-state index in [0.717, 1.165) is 41.3 Å². The third-order valence-electron chi connectivity index (χ3n) is 4.16. The van der Waals surface area contributed by atoms with Crippen LogP contribution in [0.5, 0.6) is 0 Å². The monoisotopic (exact) mass is 495 g/mol. The summed E-state index contributed by atoms with van der Waals surface area (Å²) < 4.78 is 2.25. The molecule has 0 aliphatic rings. The summed E-state index contributed by atoms with van der Waals surface area (Å²) >= 11 is 14.1. The van der Waals surface area contributed by atoms with Crippen molar-refractivity contribution in [3.8, 4) is 11.3 Å². The Hall–Kier alpha value is -2.65. The highest BCUT2D eigenvalue weighted by Crippen LogP contribution is 2.31. The first-order chi connectivity index (χ1) is 15.2. The van der Waals surface area contributed by atoms with E-state index < -0.39 is 11.9 Å². The molecule has 10 heteroatoms. The Morgan fingerprint density at radius 1 is 1.06 bits per heavy atom. The number of hydrogen-bond acceptors (Lipinski definition) is 5. The molecule has 1 heterocycles. The molecule has 2 aromatic carbocycles. The summed E-state index contributed by atoms with van der Waals surface area (Å²) in [5.74, 6) is -3.65. The Morgan fingerprint density at radius 2 is 1.72 bits per heavy atom. The number of carboxylic acid groups (broad SMARTS) is 2. The standard InChI is InChI=1S/C20H21Cl2N3S.C2H2O4/c1-24(2)11-6-12-25-19(17-10-9-15(21)13-18(17)22)14-26-20(25)23-16-7-4-3-5-8-16;3-1(4)2(5)6/h3-5,7-10,13-14H,6,11-12H2,1-2H3;(H,3,4)(H,5,6). The average molecular weight is 496 g/mol. The summed E-state index contributed by atoms with van der Waals surface area (Å²) in [6, 6.07) is 15.7. The molecule has 0 saturated heterocycles. The maximum absolute atomic E-state index is 9.10. The van der Waals surface area contributed by atoms with Crippen molar-refractivity contribution >= 4 is 52.2 Å². The second-order valence-corrected chi connectivity index (χ2v) is 8.57. The number of nitrogens with zero attached hydrogens (tertiary/aromatic N) is 3. The zero-order valence-corrected chi connectivity index (χ0v) is 19.9. The molecule has 0 unspecified atom stereocenters. The summed E-state index contributed by atoms with van der Waals surface area (Å²) in [6.07, 6.45) is 1.03. The van der Waals surface area contributed by atoms with E-state index in [2.05, 4.69) is 28.9 Å². The van der Waals surface area contributed by atoms with Gasteiger partial charge in [-0.3, -0.25) is 0 Å². The van der Waals surface area contributed by atoms with E-state index in [0.29, 0.717) is 10.0 Å². The molecule has 0 fully saturated rings. The molecule has 0 atom stereocenters. The number of aliphatic carboxylic acids is 2. The van der Waals surface area contributed by atoms with Crippen LogP contribution in [0.4, 0.5) is 5.69 Å². The highest BCUT2D eigenvalue weighted by molar-refractivity contribution is 7.07. The maximum atomic E-state index is 9.10. The van der Waals surface area contributed by atoms with Crippen LogP contribution < -0.4 is 4.80 Å². The molecule has 0 aliphatic carbocycles. The first kappa shape index (κ1) is 25.6. The Morgan fingerprint density at radius 3 is 2.28 bits per heavy atom. The van der Waals surface area contributed by atoms with Crippen molar-refractivity contribution in [3.05, 3.63) is 68.8 Å². The number of aromatic nitrogens is 1. The fraction of sp³-hybridized carbons (Fsp3) is 0.227. The van der Waals surface area contributed by atoms with Crippen LogP contribution in [0.1, 0.15) is 6.42 Å². The van der Waals surface area contributed by atoms with Gasteiger partial charge < -0.3 is 19.7 Å². The molecule has 1 aromatic heterocycles. The van der Waals surface area contributed by atoms with Gasteiger partial charge in [0.25, 0.3) is 0 Å². The lowest BCUT2D eigenvalue weighted by Crippen LogP contribution is -2.20. The highest BCUT2D eigenvalue weighted by Gasteiger charge is 2.12. The molecule has 3 aromatic rings. The predicted octanol–water partition coefficient (Wildman–Crippen LogP) is 4.86. The van der Waals surface area contributed by atoms with E-state index >= 15 is 0 Å². The van der Waals surface area contributed by atoms with Crippen molar-refractivity contribution in [2.45, 2.75) is 13.0 Å². The number of benzene rings is 2. The van der Waals surface area contributed by atoms with E-state index in [4.69, 9.17) is 48.0 Å². The van der Waals surface area contributed by atoms with Crippen LogP contribution in [-0.4, -0.2) is 52.3 Å². The van der Waals surface area contributed by atoms with Gasteiger partial charge in [-0.05, 0) is 57.4 Å². The van der Waals surface area contributed by atoms with Crippen molar-refractivity contribution in [2.75, 3.05) is 20.6 Å². The molecule has 32 heavy (non-hydrogen) atoms. The Bertz CT molecular complexity index is 1120. The number of para-hydroxylation sites is 1. The number of hydrogen-bond donors (Lipinski definition) is 2. The summed E-state index contributed by atoms with van der Waals surface area (Å²) in [7, 11) is 4.18. The summed E-state index contributed by atoms with van der Waals surface area (Å²) in [5.41, 5.74) is 3.00. The summed E-state index contributed by atoms with van der Waals surface area (Å²) in [6.45, 7) is 1.89. The molecular formula is C22H23Cl2N3O4S. The zero-order valence-electron chi connectivity index (χ0n) is 17.5. The third-order valence-corrected chi connectivity index (χ3v) is 5.57. The summed E-state index contributed by atoms with van der Waals surface area (Å²) in [4.78, 5) is 26.2. The molecule has 0 spiro atoms. The van der Waals surface area contributed by atoms with Gasteiger partial charge >= 0.3 is 11.9 Å². The molecule has 3 rings (SSSR count). The second-order valence-electron chi connectivity index (χ2n) is 6.89. The molecule has 2 N–H and O–H groups in total. The number of halogens is 2. The molecule has 170 valence electrons. The van der Waals surface area contributed by atoms with Gasteiger partial charge in [0.1, 0.15) is 0 Å². The van der Waals surface area contributed by atoms with E-state index in [1.807, 2.05) is 42.5 Å².